The molecule has 1 aromatic rings. The van der Waals surface area contributed by atoms with E-state index in [0.29, 0.717) is 0 Å². The van der Waals surface area contributed by atoms with E-state index in [0.717, 1.165) is 57.4 Å². The summed E-state index contributed by atoms with van der Waals surface area (Å²) in [7, 11) is 1.85. The molecule has 0 amide bonds. The van der Waals surface area contributed by atoms with Gasteiger partial charge in [0, 0.05) is 44.6 Å². The predicted molar refractivity (Wildman–Crippen MR) is 120 cm³/mol. The third kappa shape index (κ3) is 6.39. The van der Waals surface area contributed by atoms with Gasteiger partial charge in [0.2, 0.25) is 0 Å². The topological polar surface area (TPSA) is 48.9 Å². The lowest BCUT2D eigenvalue weighted by atomic mass is 9.99. The Hall–Kier alpha value is -1.24. The van der Waals surface area contributed by atoms with Gasteiger partial charge in [0.25, 0.3) is 0 Å². The molecular formula is C22H36N4OS. The first-order valence-corrected chi connectivity index (χ1v) is 11.7. The molecule has 2 heterocycles. The van der Waals surface area contributed by atoms with Crippen molar-refractivity contribution in [3.8, 4) is 0 Å². The zero-order valence-electron chi connectivity index (χ0n) is 17.5. The predicted octanol–water partition coefficient (Wildman–Crippen LogP) is 3.25. The maximum absolute atomic E-state index is 5.57. The maximum atomic E-state index is 5.57. The molecular weight excluding hydrogens is 368 g/mol. The van der Waals surface area contributed by atoms with Crippen LogP contribution in [0.3, 0.4) is 0 Å². The van der Waals surface area contributed by atoms with Crippen molar-refractivity contribution in [3.63, 3.8) is 0 Å². The second kappa shape index (κ2) is 11.1. The lowest BCUT2D eigenvalue weighted by molar-refractivity contribution is 0.0782. The van der Waals surface area contributed by atoms with E-state index in [2.05, 4.69) is 63.5 Å². The fourth-order valence-corrected chi connectivity index (χ4v) is 5.28. The van der Waals surface area contributed by atoms with Crippen LogP contribution >= 0.6 is 11.8 Å². The first-order chi connectivity index (χ1) is 13.7. The average molecular weight is 405 g/mol. The molecule has 0 saturated carbocycles. The Kier molecular flexibility index (Phi) is 8.49. The highest BCUT2D eigenvalue weighted by molar-refractivity contribution is 8.00. The second-order valence-electron chi connectivity index (χ2n) is 7.81. The van der Waals surface area contributed by atoms with Crippen LogP contribution in [0.25, 0.3) is 0 Å². The summed E-state index contributed by atoms with van der Waals surface area (Å²) < 4.78 is 5.84. The van der Waals surface area contributed by atoms with Crippen LogP contribution < -0.4 is 10.6 Å². The molecule has 0 bridgehead atoms. The lowest BCUT2D eigenvalue weighted by Crippen LogP contribution is -2.48. The summed E-state index contributed by atoms with van der Waals surface area (Å²) >= 11 is 2.05. The third-order valence-corrected chi connectivity index (χ3v) is 7.20. The molecule has 0 aliphatic carbocycles. The van der Waals surface area contributed by atoms with Crippen molar-refractivity contribution in [2.24, 2.45) is 4.99 Å². The summed E-state index contributed by atoms with van der Waals surface area (Å²) in [6, 6.07) is 9.00. The van der Waals surface area contributed by atoms with Crippen LogP contribution in [0.5, 0.6) is 0 Å². The normalized spacial score (nSPS) is 20.3. The quantitative estimate of drug-likeness (QED) is 0.514. The van der Waals surface area contributed by atoms with Crippen LogP contribution in [-0.2, 0) is 17.8 Å². The Morgan fingerprint density at radius 2 is 1.79 bits per heavy atom. The average Bonchev–Trinajstić information content (AvgIpc) is 3.23. The van der Waals surface area contributed by atoms with Crippen molar-refractivity contribution in [3.05, 3.63) is 35.4 Å². The van der Waals surface area contributed by atoms with Crippen LogP contribution in [0.15, 0.2) is 29.3 Å². The summed E-state index contributed by atoms with van der Waals surface area (Å²) in [5, 5.41) is 7.02. The van der Waals surface area contributed by atoms with E-state index >= 15 is 0 Å². The number of nitrogens with zero attached hydrogens (tertiary/aromatic N) is 2. The van der Waals surface area contributed by atoms with Crippen molar-refractivity contribution in [2.45, 2.75) is 50.4 Å². The molecule has 0 atom stereocenters. The molecule has 156 valence electrons. The van der Waals surface area contributed by atoms with E-state index < -0.39 is 0 Å². The highest BCUT2D eigenvalue weighted by Crippen LogP contribution is 2.34. The smallest absolute Gasteiger partial charge is 0.191 e. The number of rotatable bonds is 8. The first-order valence-electron chi connectivity index (χ1n) is 10.7. The number of hydrogen-bond donors (Lipinski definition) is 2. The van der Waals surface area contributed by atoms with Crippen molar-refractivity contribution >= 4 is 17.7 Å². The zero-order valence-corrected chi connectivity index (χ0v) is 18.3. The number of hydrogen-bond acceptors (Lipinski definition) is 4. The Morgan fingerprint density at radius 3 is 2.43 bits per heavy atom. The molecule has 3 rings (SSSR count). The molecule has 2 aliphatic rings. The van der Waals surface area contributed by atoms with Gasteiger partial charge in [-0.25, -0.2) is 0 Å². The van der Waals surface area contributed by atoms with E-state index in [-0.39, 0.29) is 4.75 Å². The summed E-state index contributed by atoms with van der Waals surface area (Å²) in [4.78, 5) is 6.95. The maximum Gasteiger partial charge on any atom is 0.191 e. The van der Waals surface area contributed by atoms with Gasteiger partial charge in [-0.15, -0.1) is 0 Å². The Balaban J connectivity index is 1.45. The summed E-state index contributed by atoms with van der Waals surface area (Å²) in [6.45, 7) is 9.27. The van der Waals surface area contributed by atoms with Crippen molar-refractivity contribution in [1.82, 2.24) is 15.5 Å². The van der Waals surface area contributed by atoms with Gasteiger partial charge in [0.05, 0.1) is 0 Å². The zero-order chi connectivity index (χ0) is 19.7. The second-order valence-corrected chi connectivity index (χ2v) is 9.54. The van der Waals surface area contributed by atoms with Gasteiger partial charge in [-0.2, -0.15) is 11.8 Å². The van der Waals surface area contributed by atoms with Crippen LogP contribution in [0.2, 0.25) is 0 Å². The molecule has 0 aromatic heterocycles. The summed E-state index contributed by atoms with van der Waals surface area (Å²) in [5.74, 6) is 2.01. The Morgan fingerprint density at radius 1 is 1.11 bits per heavy atom. The number of ether oxygens (including phenoxy) is 1. The molecule has 2 aliphatic heterocycles. The molecule has 1 aromatic carbocycles. The molecule has 28 heavy (non-hydrogen) atoms. The van der Waals surface area contributed by atoms with Crippen LogP contribution in [0, 0.1) is 0 Å². The van der Waals surface area contributed by atoms with Gasteiger partial charge in [-0.3, -0.25) is 9.89 Å². The third-order valence-electron chi connectivity index (χ3n) is 5.74. The fourth-order valence-electron chi connectivity index (χ4n) is 4.03. The van der Waals surface area contributed by atoms with Gasteiger partial charge < -0.3 is 15.4 Å². The SMILES string of the molecule is CCSC1(CNC(=NC)NCc2ccc(CN3CCCC3)cc2)CCOCC1. The first kappa shape index (κ1) is 21.5. The van der Waals surface area contributed by atoms with Gasteiger partial charge in [0.1, 0.15) is 0 Å². The highest BCUT2D eigenvalue weighted by atomic mass is 32.2. The highest BCUT2D eigenvalue weighted by Gasteiger charge is 2.32. The van der Waals surface area contributed by atoms with Crippen LogP contribution in [0.4, 0.5) is 0 Å². The van der Waals surface area contributed by atoms with E-state index in [9.17, 15) is 0 Å². The van der Waals surface area contributed by atoms with E-state index in [1.165, 1.54) is 37.1 Å². The molecule has 0 unspecified atom stereocenters. The minimum absolute atomic E-state index is 0.266. The van der Waals surface area contributed by atoms with Gasteiger partial charge in [-0.05, 0) is 55.7 Å². The van der Waals surface area contributed by atoms with Crippen LogP contribution in [0.1, 0.15) is 43.7 Å². The molecule has 5 nitrogen and oxygen atoms in total. The van der Waals surface area contributed by atoms with Gasteiger partial charge in [0.15, 0.2) is 5.96 Å². The number of guanidine groups is 1. The molecule has 6 heteroatoms. The Labute approximate surface area is 174 Å². The molecule has 2 saturated heterocycles. The van der Waals surface area contributed by atoms with Gasteiger partial charge >= 0.3 is 0 Å². The molecule has 2 N–H and O–H groups in total. The molecule has 2 fully saturated rings. The van der Waals surface area contributed by atoms with E-state index in [4.69, 9.17) is 4.74 Å². The number of likely N-dealkylation sites (tertiary alicyclic amines) is 1. The van der Waals surface area contributed by atoms with Gasteiger partial charge in [-0.1, -0.05) is 31.2 Å². The van der Waals surface area contributed by atoms with E-state index in [1.54, 1.807) is 0 Å². The van der Waals surface area contributed by atoms with Crippen molar-refractivity contribution < 1.29 is 4.74 Å². The minimum Gasteiger partial charge on any atom is -0.381 e. The number of thioether (sulfide) groups is 1. The molecule has 0 spiro atoms. The van der Waals surface area contributed by atoms with Crippen molar-refractivity contribution in [2.75, 3.05) is 45.6 Å². The number of aliphatic imine (C=N–C) groups is 1. The molecule has 0 radical (unpaired) electrons. The lowest BCUT2D eigenvalue weighted by Gasteiger charge is -2.37. The van der Waals surface area contributed by atoms with Crippen molar-refractivity contribution in [1.29, 1.82) is 0 Å². The summed E-state index contributed by atoms with van der Waals surface area (Å²) in [6.07, 6.45) is 4.90. The number of benzene rings is 1. The minimum atomic E-state index is 0.266. The number of nitrogens with one attached hydrogen (secondary N) is 2. The standard InChI is InChI=1S/C22H36N4OS/c1-3-28-22(10-14-27-15-11-22)18-25-21(23-2)24-16-19-6-8-20(9-7-19)17-26-12-4-5-13-26/h6-9H,3-5,10-18H2,1-2H3,(H2,23,24,25). The summed E-state index contributed by atoms with van der Waals surface area (Å²) in [5.41, 5.74) is 2.70. The van der Waals surface area contributed by atoms with Crippen LogP contribution in [-0.4, -0.2) is 61.3 Å². The Bertz CT molecular complexity index is 602. The monoisotopic (exact) mass is 404 g/mol. The van der Waals surface area contributed by atoms with E-state index in [1.807, 2.05) is 7.05 Å². The largest absolute Gasteiger partial charge is 0.381 e. The fraction of sp³-hybridized carbons (Fsp3) is 0.682.